The molecule has 0 radical (unpaired) electrons. The van der Waals surface area contributed by atoms with Crippen molar-refractivity contribution in [2.75, 3.05) is 0 Å². The minimum Gasteiger partial charge on any atom is -0.465 e. The van der Waals surface area contributed by atoms with E-state index in [-0.39, 0.29) is 12.1 Å². The molecule has 1 amide bonds. The Morgan fingerprint density at radius 3 is 2.54 bits per heavy atom. The maximum absolute atomic E-state index is 12.9. The topological polar surface area (TPSA) is 58.6 Å². The third-order valence-corrected chi connectivity index (χ3v) is 4.92. The van der Waals surface area contributed by atoms with Crippen molar-refractivity contribution in [1.29, 1.82) is 0 Å². The highest BCUT2D eigenvalue weighted by Gasteiger charge is 2.30. The molecule has 150 valence electrons. The van der Waals surface area contributed by atoms with E-state index >= 15 is 0 Å². The lowest BCUT2D eigenvalue weighted by atomic mass is 9.93. The van der Waals surface area contributed by atoms with Gasteiger partial charge in [0.2, 0.25) is 0 Å². The second-order valence-electron chi connectivity index (χ2n) is 7.02. The van der Waals surface area contributed by atoms with Crippen LogP contribution in [0.3, 0.4) is 0 Å². The molecule has 1 aliphatic rings. The molecule has 28 heavy (non-hydrogen) atoms. The molecule has 3 rings (SSSR count). The first-order valence-electron chi connectivity index (χ1n) is 9.19. The summed E-state index contributed by atoms with van der Waals surface area (Å²) in [4.78, 5) is 10.8. The molecule has 1 saturated carbocycles. The van der Waals surface area contributed by atoms with Gasteiger partial charge >= 0.3 is 12.3 Å². The summed E-state index contributed by atoms with van der Waals surface area (Å²) in [5.74, 6) is 0. The number of carboxylic acid groups (broad SMARTS) is 1. The highest BCUT2D eigenvalue weighted by Crippen LogP contribution is 2.32. The van der Waals surface area contributed by atoms with E-state index in [1.54, 1.807) is 18.2 Å². The van der Waals surface area contributed by atoms with Crippen LogP contribution in [0.15, 0.2) is 48.5 Å². The van der Waals surface area contributed by atoms with E-state index in [0.717, 1.165) is 37.0 Å². The molecule has 0 aliphatic heterocycles. The van der Waals surface area contributed by atoms with Gasteiger partial charge in [0.1, 0.15) is 0 Å². The van der Waals surface area contributed by atoms with Crippen LogP contribution in [0.4, 0.5) is 18.0 Å². The normalized spacial score (nSPS) is 20.0. The minimum absolute atomic E-state index is 0.00579. The van der Waals surface area contributed by atoms with E-state index < -0.39 is 17.8 Å². The second-order valence-corrected chi connectivity index (χ2v) is 7.02. The predicted octanol–water partition coefficient (Wildman–Crippen LogP) is 5.47. The molecule has 1 aliphatic carbocycles. The Labute approximate surface area is 161 Å². The standard InChI is InChI=1S/C21H22F3NO3/c22-21(23,24)17-4-1-3-16(11-17)15-9-7-14(8-10-15)13-28-19-6-2-5-18(12-19)25-20(26)27/h1,3-4,7-11,18-19,25H,2,5-6,12-13H2,(H,26,27). The SMILES string of the molecule is O=C(O)NC1CCCC(OCc2ccc(-c3cccc(C(F)(F)F)c3)cc2)C1. The molecule has 0 aromatic heterocycles. The molecule has 2 unspecified atom stereocenters. The average Bonchev–Trinajstić information content (AvgIpc) is 2.66. The molecule has 0 bridgehead atoms. The fourth-order valence-electron chi connectivity index (χ4n) is 3.48. The van der Waals surface area contributed by atoms with Crippen molar-refractivity contribution in [3.05, 3.63) is 59.7 Å². The van der Waals surface area contributed by atoms with Crippen molar-refractivity contribution >= 4 is 6.09 Å². The minimum atomic E-state index is -4.36. The zero-order chi connectivity index (χ0) is 20.1. The number of hydrogen-bond acceptors (Lipinski definition) is 2. The monoisotopic (exact) mass is 393 g/mol. The first-order chi connectivity index (χ1) is 13.3. The summed E-state index contributed by atoms with van der Waals surface area (Å²) in [5.41, 5.74) is 1.47. The molecule has 7 heteroatoms. The Balaban J connectivity index is 1.58. The smallest absolute Gasteiger partial charge is 0.416 e. The number of amides is 1. The van der Waals surface area contributed by atoms with Crippen molar-refractivity contribution in [2.45, 2.75) is 50.6 Å². The Morgan fingerprint density at radius 1 is 1.11 bits per heavy atom. The molecule has 1 fully saturated rings. The molecule has 4 nitrogen and oxygen atoms in total. The van der Waals surface area contributed by atoms with Crippen LogP contribution in [0.25, 0.3) is 11.1 Å². The van der Waals surface area contributed by atoms with Crippen LogP contribution < -0.4 is 5.32 Å². The summed E-state index contributed by atoms with van der Waals surface area (Å²) in [6.45, 7) is 0.382. The van der Waals surface area contributed by atoms with Crippen LogP contribution in [-0.4, -0.2) is 23.3 Å². The molecule has 0 saturated heterocycles. The van der Waals surface area contributed by atoms with Crippen molar-refractivity contribution in [2.24, 2.45) is 0 Å². The van der Waals surface area contributed by atoms with Crippen LogP contribution in [0.2, 0.25) is 0 Å². The van der Waals surface area contributed by atoms with Crippen molar-refractivity contribution in [3.8, 4) is 11.1 Å². The van der Waals surface area contributed by atoms with Crippen molar-refractivity contribution in [1.82, 2.24) is 5.32 Å². The van der Waals surface area contributed by atoms with Crippen molar-refractivity contribution < 1.29 is 27.8 Å². The summed E-state index contributed by atoms with van der Waals surface area (Å²) >= 11 is 0. The van der Waals surface area contributed by atoms with Gasteiger partial charge in [-0.2, -0.15) is 13.2 Å². The van der Waals surface area contributed by atoms with E-state index in [4.69, 9.17) is 9.84 Å². The average molecular weight is 393 g/mol. The van der Waals surface area contributed by atoms with Gasteiger partial charge in [-0.3, -0.25) is 0 Å². The molecule has 0 heterocycles. The zero-order valence-electron chi connectivity index (χ0n) is 15.2. The van der Waals surface area contributed by atoms with Gasteiger partial charge in [0.05, 0.1) is 18.3 Å². The maximum atomic E-state index is 12.9. The van der Waals surface area contributed by atoms with Crippen LogP contribution in [-0.2, 0) is 17.5 Å². The van der Waals surface area contributed by atoms with Crippen molar-refractivity contribution in [3.63, 3.8) is 0 Å². The summed E-state index contributed by atoms with van der Waals surface area (Å²) in [7, 11) is 0. The molecule has 0 spiro atoms. The van der Waals surface area contributed by atoms with E-state index in [9.17, 15) is 18.0 Å². The Morgan fingerprint density at radius 2 is 1.86 bits per heavy atom. The highest BCUT2D eigenvalue weighted by molar-refractivity contribution is 5.65. The molecule has 2 N–H and O–H groups in total. The van der Waals surface area contributed by atoms with Gasteiger partial charge in [-0.25, -0.2) is 4.79 Å². The van der Waals surface area contributed by atoms with Gasteiger partial charge in [-0.15, -0.1) is 0 Å². The van der Waals surface area contributed by atoms with Gasteiger partial charge in [-0.05, 0) is 54.5 Å². The molecule has 2 atom stereocenters. The third kappa shape index (κ3) is 5.48. The van der Waals surface area contributed by atoms with Crippen LogP contribution >= 0.6 is 0 Å². The fourth-order valence-corrected chi connectivity index (χ4v) is 3.48. The highest BCUT2D eigenvalue weighted by atomic mass is 19.4. The van der Waals surface area contributed by atoms with Crippen LogP contribution in [0.1, 0.15) is 36.8 Å². The zero-order valence-corrected chi connectivity index (χ0v) is 15.2. The summed E-state index contributed by atoms with van der Waals surface area (Å²) in [5, 5.41) is 11.3. The number of nitrogens with one attached hydrogen (secondary N) is 1. The molecule has 2 aromatic rings. The lowest BCUT2D eigenvalue weighted by Crippen LogP contribution is -2.39. The lowest BCUT2D eigenvalue weighted by Gasteiger charge is -2.29. The molecular formula is C21H22F3NO3. The Bertz CT molecular complexity index is 805. The van der Waals surface area contributed by atoms with Crippen LogP contribution in [0.5, 0.6) is 0 Å². The van der Waals surface area contributed by atoms with Gasteiger partial charge in [0.15, 0.2) is 0 Å². The lowest BCUT2D eigenvalue weighted by molar-refractivity contribution is -0.137. The Hall–Kier alpha value is -2.54. The number of alkyl halides is 3. The molecule has 2 aromatic carbocycles. The summed E-state index contributed by atoms with van der Waals surface area (Å²) in [6, 6.07) is 12.4. The predicted molar refractivity (Wildman–Crippen MR) is 98.9 cm³/mol. The fraction of sp³-hybridized carbons (Fsp3) is 0.381. The van der Waals surface area contributed by atoms with Gasteiger partial charge < -0.3 is 15.2 Å². The molecular weight excluding hydrogens is 371 g/mol. The first-order valence-corrected chi connectivity index (χ1v) is 9.19. The van der Waals surface area contributed by atoms with Gasteiger partial charge in [0, 0.05) is 6.04 Å². The number of benzene rings is 2. The first kappa shape index (κ1) is 20.2. The quantitative estimate of drug-likeness (QED) is 0.708. The number of carbonyl (C=O) groups is 1. The number of halogens is 3. The van der Waals surface area contributed by atoms with E-state index in [2.05, 4.69) is 5.32 Å². The Kier molecular flexibility index (Phi) is 6.24. The number of hydrogen-bond donors (Lipinski definition) is 2. The summed E-state index contributed by atoms with van der Waals surface area (Å²) < 4.78 is 44.5. The second kappa shape index (κ2) is 8.65. The maximum Gasteiger partial charge on any atom is 0.416 e. The largest absolute Gasteiger partial charge is 0.465 e. The number of rotatable bonds is 5. The van der Waals surface area contributed by atoms with E-state index in [0.29, 0.717) is 24.2 Å². The summed E-state index contributed by atoms with van der Waals surface area (Å²) in [6.07, 6.45) is -2.13. The van der Waals surface area contributed by atoms with Crippen LogP contribution in [0, 0.1) is 0 Å². The third-order valence-electron chi connectivity index (χ3n) is 4.92. The van der Waals surface area contributed by atoms with E-state index in [1.807, 2.05) is 12.1 Å². The van der Waals surface area contributed by atoms with Gasteiger partial charge in [-0.1, -0.05) is 36.4 Å². The van der Waals surface area contributed by atoms with Gasteiger partial charge in [0.25, 0.3) is 0 Å². The number of ether oxygens (including phenoxy) is 1. The van der Waals surface area contributed by atoms with E-state index in [1.165, 1.54) is 6.07 Å².